The highest BCUT2D eigenvalue weighted by molar-refractivity contribution is 7.99. The van der Waals surface area contributed by atoms with Crippen LogP contribution in [0.1, 0.15) is 0 Å². The van der Waals surface area contributed by atoms with Gasteiger partial charge in [0.05, 0.1) is 0 Å². The van der Waals surface area contributed by atoms with Crippen molar-refractivity contribution >= 4 is 35.5 Å². The molecule has 2 N–H and O–H groups in total. The molecule has 0 radical (unpaired) electrons. The second kappa shape index (κ2) is 16.4. The van der Waals surface area contributed by atoms with E-state index in [9.17, 15) is 19.8 Å². The zero-order valence-corrected chi connectivity index (χ0v) is 23.3. The van der Waals surface area contributed by atoms with Gasteiger partial charge >= 0.3 is 11.9 Å². The van der Waals surface area contributed by atoms with Gasteiger partial charge in [-0.05, 0) is 72.8 Å². The maximum absolute atomic E-state index is 11.0. The molecule has 3 rings (SSSR count). The number of aliphatic hydroxyl groups excluding tert-OH is 2. The van der Waals surface area contributed by atoms with Crippen molar-refractivity contribution in [2.45, 2.75) is 31.8 Å². The van der Waals surface area contributed by atoms with Crippen molar-refractivity contribution in [3.8, 4) is 11.5 Å². The summed E-state index contributed by atoms with van der Waals surface area (Å²) >= 11 is 3.23. The molecule has 0 saturated heterocycles. The standard InChI is InChI=1S/C30H30O8S2/c1-3-29(33)37-19-21(31)17-35-23-5-9-25(10-6-23)39-27-13-15-28(16-14-27)40-26-11-7-24(8-12-26)36-18-22(32)20-38-30(34)4-2/h3-16,21-22,31-32H,1-2,17-20H2. The quantitative estimate of drug-likeness (QED) is 0.178. The third-order valence-corrected chi connectivity index (χ3v) is 7.03. The second-order valence-electron chi connectivity index (χ2n) is 8.22. The summed E-state index contributed by atoms with van der Waals surface area (Å²) in [5.74, 6) is 0.0281. The molecule has 0 aromatic heterocycles. The average molecular weight is 583 g/mol. The fraction of sp³-hybridized carbons (Fsp3) is 0.200. The molecule has 3 aromatic carbocycles. The molecule has 8 nitrogen and oxygen atoms in total. The molecule has 0 aliphatic carbocycles. The number of esters is 2. The minimum atomic E-state index is -0.929. The largest absolute Gasteiger partial charge is 0.491 e. The van der Waals surface area contributed by atoms with Crippen molar-refractivity contribution in [1.29, 1.82) is 0 Å². The molecule has 40 heavy (non-hydrogen) atoms. The molecule has 0 aliphatic heterocycles. The van der Waals surface area contributed by atoms with Gasteiger partial charge in [-0.25, -0.2) is 9.59 Å². The lowest BCUT2D eigenvalue weighted by molar-refractivity contribution is -0.142. The number of carbonyl (C=O) groups excluding carboxylic acids is 2. The Balaban J connectivity index is 1.41. The van der Waals surface area contributed by atoms with Crippen LogP contribution in [0.5, 0.6) is 11.5 Å². The zero-order valence-electron chi connectivity index (χ0n) is 21.6. The number of rotatable bonds is 16. The molecule has 0 fully saturated rings. The van der Waals surface area contributed by atoms with Gasteiger partial charge < -0.3 is 29.2 Å². The average Bonchev–Trinajstić information content (AvgIpc) is 2.98. The lowest BCUT2D eigenvalue weighted by Crippen LogP contribution is -2.24. The first-order chi connectivity index (χ1) is 19.3. The van der Waals surface area contributed by atoms with Gasteiger partial charge in [0.25, 0.3) is 0 Å². The highest BCUT2D eigenvalue weighted by atomic mass is 32.2. The van der Waals surface area contributed by atoms with Gasteiger partial charge in [-0.2, -0.15) is 0 Å². The normalized spacial score (nSPS) is 12.1. The summed E-state index contributed by atoms with van der Waals surface area (Å²) < 4.78 is 20.7. The summed E-state index contributed by atoms with van der Waals surface area (Å²) in [5, 5.41) is 19.7. The van der Waals surface area contributed by atoms with E-state index >= 15 is 0 Å². The van der Waals surface area contributed by atoms with Crippen LogP contribution in [0.3, 0.4) is 0 Å². The number of benzene rings is 3. The molecular formula is C30H30O8S2. The number of ether oxygens (including phenoxy) is 4. The van der Waals surface area contributed by atoms with Crippen LogP contribution in [-0.2, 0) is 19.1 Å². The predicted octanol–water partition coefficient (Wildman–Crippen LogP) is 4.93. The van der Waals surface area contributed by atoms with E-state index in [0.717, 1.165) is 31.7 Å². The highest BCUT2D eigenvalue weighted by Crippen LogP contribution is 2.33. The molecule has 0 spiro atoms. The van der Waals surface area contributed by atoms with Crippen LogP contribution < -0.4 is 9.47 Å². The topological polar surface area (TPSA) is 112 Å². The van der Waals surface area contributed by atoms with E-state index in [-0.39, 0.29) is 26.4 Å². The fourth-order valence-electron chi connectivity index (χ4n) is 3.01. The molecule has 3 aromatic rings. The molecule has 0 saturated carbocycles. The molecule has 2 unspecified atom stereocenters. The lowest BCUT2D eigenvalue weighted by atomic mass is 10.3. The van der Waals surface area contributed by atoms with Gasteiger partial charge in [0.15, 0.2) is 0 Å². The first kappa shape index (κ1) is 30.8. The van der Waals surface area contributed by atoms with Gasteiger partial charge in [-0.15, -0.1) is 0 Å². The van der Waals surface area contributed by atoms with Gasteiger partial charge in [-0.1, -0.05) is 36.7 Å². The van der Waals surface area contributed by atoms with Gasteiger partial charge in [0.2, 0.25) is 0 Å². The van der Waals surface area contributed by atoms with Crippen LogP contribution in [0.4, 0.5) is 0 Å². The third kappa shape index (κ3) is 11.2. The summed E-state index contributed by atoms with van der Waals surface area (Å²) in [6.45, 7) is 6.30. The fourth-order valence-corrected chi connectivity index (χ4v) is 4.64. The minimum absolute atomic E-state index is 0.00391. The summed E-state index contributed by atoms with van der Waals surface area (Å²) in [5.41, 5.74) is 0. The predicted molar refractivity (Wildman–Crippen MR) is 153 cm³/mol. The van der Waals surface area contributed by atoms with Crippen LogP contribution in [-0.4, -0.2) is 60.8 Å². The van der Waals surface area contributed by atoms with E-state index in [0.29, 0.717) is 11.5 Å². The summed E-state index contributed by atoms with van der Waals surface area (Å²) in [7, 11) is 0. The smallest absolute Gasteiger partial charge is 0.330 e. The lowest BCUT2D eigenvalue weighted by Gasteiger charge is -2.12. The first-order valence-electron chi connectivity index (χ1n) is 12.2. The van der Waals surface area contributed by atoms with E-state index in [4.69, 9.17) is 18.9 Å². The summed E-state index contributed by atoms with van der Waals surface area (Å²) in [6, 6.07) is 23.2. The maximum Gasteiger partial charge on any atom is 0.330 e. The summed E-state index contributed by atoms with van der Waals surface area (Å²) in [6.07, 6.45) is 0.222. The Morgan fingerprint density at radius 3 is 1.20 bits per heavy atom. The molecule has 0 heterocycles. The van der Waals surface area contributed by atoms with Crippen LogP contribution in [0, 0.1) is 0 Å². The molecule has 210 valence electrons. The number of carbonyl (C=O) groups is 2. The van der Waals surface area contributed by atoms with Crippen molar-refractivity contribution in [2.75, 3.05) is 26.4 Å². The van der Waals surface area contributed by atoms with E-state index in [1.54, 1.807) is 23.5 Å². The van der Waals surface area contributed by atoms with Crippen molar-refractivity contribution in [1.82, 2.24) is 0 Å². The molecule has 2 atom stereocenters. The van der Waals surface area contributed by atoms with Gasteiger partial charge in [-0.3, -0.25) is 0 Å². The molecular weight excluding hydrogens is 552 g/mol. The Morgan fingerprint density at radius 1 is 0.600 bits per heavy atom. The SMILES string of the molecule is C=CC(=O)OCC(O)COc1ccc(Sc2ccc(Sc3ccc(OCC(O)COC(=O)C=C)cc3)cc2)cc1. The van der Waals surface area contributed by atoms with Gasteiger partial charge in [0, 0.05) is 31.7 Å². The van der Waals surface area contributed by atoms with Crippen molar-refractivity contribution in [3.05, 3.63) is 98.1 Å². The molecule has 0 bridgehead atoms. The second-order valence-corrected chi connectivity index (χ2v) is 10.5. The maximum atomic E-state index is 11.0. The van der Waals surface area contributed by atoms with Crippen LogP contribution in [0.2, 0.25) is 0 Å². The number of hydrogen-bond acceptors (Lipinski definition) is 10. The van der Waals surface area contributed by atoms with Crippen molar-refractivity contribution in [3.63, 3.8) is 0 Å². The van der Waals surface area contributed by atoms with Crippen molar-refractivity contribution < 1.29 is 38.7 Å². The van der Waals surface area contributed by atoms with Crippen molar-refractivity contribution in [2.24, 2.45) is 0 Å². The summed E-state index contributed by atoms with van der Waals surface area (Å²) in [4.78, 5) is 26.3. The minimum Gasteiger partial charge on any atom is -0.491 e. The Bertz CT molecular complexity index is 1150. The molecule has 0 aliphatic rings. The van der Waals surface area contributed by atoms with E-state index in [1.807, 2.05) is 48.5 Å². The Morgan fingerprint density at radius 2 is 0.900 bits per heavy atom. The van der Waals surface area contributed by atoms with E-state index in [1.165, 1.54) is 0 Å². The third-order valence-electron chi connectivity index (χ3n) is 5.00. The highest BCUT2D eigenvalue weighted by Gasteiger charge is 2.10. The van der Waals surface area contributed by atoms with E-state index in [2.05, 4.69) is 37.4 Å². The van der Waals surface area contributed by atoms with E-state index < -0.39 is 24.1 Å². The number of aliphatic hydroxyl groups is 2. The Labute approximate surface area is 241 Å². The Kier molecular flexibility index (Phi) is 12.7. The molecule has 0 amide bonds. The zero-order chi connectivity index (χ0) is 28.7. The van der Waals surface area contributed by atoms with Crippen LogP contribution in [0.15, 0.2) is 118 Å². The first-order valence-corrected chi connectivity index (χ1v) is 13.8. The van der Waals surface area contributed by atoms with Crippen LogP contribution >= 0.6 is 23.5 Å². The Hall–Kier alpha value is -3.70. The van der Waals surface area contributed by atoms with Crippen LogP contribution in [0.25, 0.3) is 0 Å². The molecule has 10 heteroatoms. The number of hydrogen-bond donors (Lipinski definition) is 2. The monoisotopic (exact) mass is 582 g/mol. The van der Waals surface area contributed by atoms with Gasteiger partial charge in [0.1, 0.15) is 50.1 Å².